The van der Waals surface area contributed by atoms with Crippen LogP contribution in [0, 0.1) is 12.8 Å². The predicted octanol–water partition coefficient (Wildman–Crippen LogP) is 5.62. The number of thiocarbonyl (C=S) groups is 1. The number of para-hydroxylation sites is 1. The second-order valence-electron chi connectivity index (χ2n) is 9.81. The minimum absolute atomic E-state index is 0.366. The normalized spacial score (nSPS) is 17.4. The standard InChI is InChI=1S/C28H33N7OS/c1-18-24(25(34-36-18)20-9-5-4-6-10-20)32-28(37)29-17-19-13-15-21(16-14-19)30-27-31-23-12-8-7-11-22(23)26(33-27)35(2)3/h4-12,19,21H,13-17H2,1-3H3,(H2,29,32,37)(H,30,31,33). The number of hydrogen-bond acceptors (Lipinski definition) is 7. The van der Waals surface area contributed by atoms with Gasteiger partial charge in [-0.15, -0.1) is 0 Å². The SMILES string of the molecule is Cc1onc(-c2ccccc2)c1NC(=S)NCC1CCC(Nc2nc(N(C)C)c3ccccc3n2)CC1. The molecule has 3 N–H and O–H groups in total. The molecule has 2 aromatic carbocycles. The fraction of sp³-hybridized carbons (Fsp3) is 0.357. The summed E-state index contributed by atoms with van der Waals surface area (Å²) in [5, 5.41) is 16.2. The van der Waals surface area contributed by atoms with E-state index in [9.17, 15) is 0 Å². The van der Waals surface area contributed by atoms with Gasteiger partial charge in [0.25, 0.3) is 0 Å². The molecule has 2 aromatic heterocycles. The third-order valence-electron chi connectivity index (χ3n) is 6.89. The van der Waals surface area contributed by atoms with E-state index in [0.717, 1.165) is 65.9 Å². The molecule has 8 nitrogen and oxygen atoms in total. The summed E-state index contributed by atoms with van der Waals surface area (Å²) in [5.74, 6) is 2.91. The lowest BCUT2D eigenvalue weighted by Crippen LogP contribution is -2.36. The second kappa shape index (κ2) is 11.1. The van der Waals surface area contributed by atoms with Crippen molar-refractivity contribution >= 4 is 45.7 Å². The summed E-state index contributed by atoms with van der Waals surface area (Å²) in [4.78, 5) is 11.6. The topological polar surface area (TPSA) is 91.1 Å². The van der Waals surface area contributed by atoms with E-state index < -0.39 is 0 Å². The predicted molar refractivity (Wildman–Crippen MR) is 154 cm³/mol. The van der Waals surface area contributed by atoms with Crippen LogP contribution in [0.1, 0.15) is 31.4 Å². The molecule has 192 valence electrons. The van der Waals surface area contributed by atoms with Crippen LogP contribution in [0.15, 0.2) is 59.1 Å². The number of benzene rings is 2. The summed E-state index contributed by atoms with van der Waals surface area (Å²) in [6, 6.07) is 18.5. The first kappa shape index (κ1) is 25.0. The summed E-state index contributed by atoms with van der Waals surface area (Å²) in [6.07, 6.45) is 4.37. The van der Waals surface area contributed by atoms with E-state index in [2.05, 4.69) is 27.2 Å². The van der Waals surface area contributed by atoms with Gasteiger partial charge in [-0.3, -0.25) is 0 Å². The van der Waals surface area contributed by atoms with Crippen molar-refractivity contribution in [3.05, 3.63) is 60.4 Å². The molecule has 1 aliphatic carbocycles. The number of fused-ring (bicyclic) bond motifs is 1. The largest absolute Gasteiger partial charge is 0.362 e. The van der Waals surface area contributed by atoms with Crippen LogP contribution >= 0.6 is 12.2 Å². The summed E-state index contributed by atoms with van der Waals surface area (Å²) in [7, 11) is 4.03. The molecule has 0 saturated heterocycles. The zero-order valence-electron chi connectivity index (χ0n) is 21.5. The molecule has 9 heteroatoms. The molecule has 0 bridgehead atoms. The fourth-order valence-corrected chi connectivity index (χ4v) is 5.05. The van der Waals surface area contributed by atoms with Gasteiger partial charge in [0, 0.05) is 37.6 Å². The van der Waals surface area contributed by atoms with E-state index in [1.54, 1.807) is 0 Å². The molecule has 1 saturated carbocycles. The van der Waals surface area contributed by atoms with Crippen LogP contribution in [-0.2, 0) is 0 Å². The van der Waals surface area contributed by atoms with Crippen LogP contribution in [0.4, 0.5) is 17.5 Å². The van der Waals surface area contributed by atoms with Crippen LogP contribution in [0.25, 0.3) is 22.2 Å². The molecule has 2 heterocycles. The third-order valence-corrected chi connectivity index (χ3v) is 7.13. The minimum Gasteiger partial charge on any atom is -0.362 e. The molecule has 0 aliphatic heterocycles. The van der Waals surface area contributed by atoms with Crippen molar-refractivity contribution in [1.29, 1.82) is 0 Å². The average molecular weight is 516 g/mol. The Balaban J connectivity index is 1.13. The molecular weight excluding hydrogens is 482 g/mol. The van der Waals surface area contributed by atoms with Crippen LogP contribution < -0.4 is 20.9 Å². The smallest absolute Gasteiger partial charge is 0.225 e. The van der Waals surface area contributed by atoms with Crippen molar-refractivity contribution in [3.8, 4) is 11.3 Å². The Labute approximate surface area is 222 Å². The first-order chi connectivity index (χ1) is 18.0. The van der Waals surface area contributed by atoms with Gasteiger partial charge >= 0.3 is 0 Å². The number of anilines is 3. The van der Waals surface area contributed by atoms with Crippen LogP contribution in [-0.4, -0.2) is 46.9 Å². The van der Waals surface area contributed by atoms with E-state index in [1.165, 1.54) is 0 Å². The Hall–Kier alpha value is -3.72. The number of aryl methyl sites for hydroxylation is 1. The van der Waals surface area contributed by atoms with Crippen LogP contribution in [0.5, 0.6) is 0 Å². The van der Waals surface area contributed by atoms with Crippen LogP contribution in [0.3, 0.4) is 0 Å². The molecule has 0 atom stereocenters. The van der Waals surface area contributed by atoms with Crippen molar-refractivity contribution in [2.24, 2.45) is 5.92 Å². The van der Waals surface area contributed by atoms with Crippen molar-refractivity contribution in [2.75, 3.05) is 36.2 Å². The molecular formula is C28H33N7OS. The van der Waals surface area contributed by atoms with Gasteiger partial charge in [-0.25, -0.2) is 4.98 Å². The van der Waals surface area contributed by atoms with E-state index in [0.29, 0.717) is 28.8 Å². The second-order valence-corrected chi connectivity index (χ2v) is 10.2. The van der Waals surface area contributed by atoms with Gasteiger partial charge in [0.2, 0.25) is 5.95 Å². The van der Waals surface area contributed by atoms with E-state index in [1.807, 2.05) is 74.4 Å². The number of aromatic nitrogens is 3. The molecule has 1 fully saturated rings. The lowest BCUT2D eigenvalue weighted by molar-refractivity contribution is 0.336. The maximum atomic E-state index is 5.60. The van der Waals surface area contributed by atoms with Gasteiger partial charge in [0.15, 0.2) is 10.9 Å². The van der Waals surface area contributed by atoms with Gasteiger partial charge in [-0.1, -0.05) is 47.6 Å². The highest BCUT2D eigenvalue weighted by Crippen LogP contribution is 2.30. The monoisotopic (exact) mass is 515 g/mol. The van der Waals surface area contributed by atoms with E-state index in [-0.39, 0.29) is 0 Å². The molecule has 37 heavy (non-hydrogen) atoms. The van der Waals surface area contributed by atoms with Gasteiger partial charge in [0.1, 0.15) is 17.2 Å². The van der Waals surface area contributed by atoms with Gasteiger partial charge in [-0.2, -0.15) is 4.98 Å². The summed E-state index contributed by atoms with van der Waals surface area (Å²) < 4.78 is 5.43. The van der Waals surface area contributed by atoms with Crippen molar-refractivity contribution in [3.63, 3.8) is 0 Å². The van der Waals surface area contributed by atoms with Gasteiger partial charge in [0.05, 0.1) is 5.52 Å². The molecule has 4 aromatic rings. The molecule has 0 amide bonds. The first-order valence-corrected chi connectivity index (χ1v) is 13.2. The zero-order valence-corrected chi connectivity index (χ0v) is 22.3. The molecule has 0 unspecified atom stereocenters. The highest BCUT2D eigenvalue weighted by molar-refractivity contribution is 7.80. The van der Waals surface area contributed by atoms with Crippen molar-refractivity contribution < 1.29 is 4.52 Å². The Kier molecular flexibility index (Phi) is 7.50. The first-order valence-electron chi connectivity index (χ1n) is 12.7. The lowest BCUT2D eigenvalue weighted by atomic mass is 9.86. The zero-order chi connectivity index (χ0) is 25.8. The summed E-state index contributed by atoms with van der Waals surface area (Å²) in [6.45, 7) is 2.72. The Morgan fingerprint density at radius 2 is 1.73 bits per heavy atom. The number of nitrogens with zero attached hydrogens (tertiary/aromatic N) is 4. The Morgan fingerprint density at radius 3 is 2.49 bits per heavy atom. The molecule has 0 spiro atoms. The van der Waals surface area contributed by atoms with E-state index >= 15 is 0 Å². The summed E-state index contributed by atoms with van der Waals surface area (Å²) >= 11 is 5.60. The van der Waals surface area contributed by atoms with Crippen LogP contribution in [0.2, 0.25) is 0 Å². The molecule has 5 rings (SSSR count). The third kappa shape index (κ3) is 5.83. The molecule has 1 aliphatic rings. The van der Waals surface area contributed by atoms with Gasteiger partial charge < -0.3 is 25.4 Å². The van der Waals surface area contributed by atoms with Crippen molar-refractivity contribution in [1.82, 2.24) is 20.4 Å². The number of rotatable bonds is 7. The number of hydrogen-bond donors (Lipinski definition) is 3. The fourth-order valence-electron chi connectivity index (χ4n) is 4.87. The maximum Gasteiger partial charge on any atom is 0.225 e. The maximum absolute atomic E-state index is 5.60. The highest BCUT2D eigenvalue weighted by atomic mass is 32.1. The Bertz CT molecular complexity index is 1360. The minimum atomic E-state index is 0.366. The average Bonchev–Trinajstić information content (AvgIpc) is 3.28. The highest BCUT2D eigenvalue weighted by Gasteiger charge is 2.23. The van der Waals surface area contributed by atoms with Crippen molar-refractivity contribution in [2.45, 2.75) is 38.6 Å². The Morgan fingerprint density at radius 1 is 1.00 bits per heavy atom. The molecule has 0 radical (unpaired) electrons. The summed E-state index contributed by atoms with van der Waals surface area (Å²) in [5.41, 5.74) is 3.52. The lowest BCUT2D eigenvalue weighted by Gasteiger charge is -2.29. The number of nitrogens with one attached hydrogen (secondary N) is 3. The van der Waals surface area contributed by atoms with Gasteiger partial charge in [-0.05, 0) is 62.9 Å². The van der Waals surface area contributed by atoms with E-state index in [4.69, 9.17) is 26.7 Å². The quantitative estimate of drug-likeness (QED) is 0.271.